The van der Waals surface area contributed by atoms with E-state index in [-0.39, 0.29) is 12.2 Å². The van der Waals surface area contributed by atoms with Crippen LogP contribution in [-0.2, 0) is 9.47 Å². The molecule has 3 heterocycles. The zero-order valence-corrected chi connectivity index (χ0v) is 17.0. The second kappa shape index (κ2) is 9.90. The molecule has 0 aromatic carbocycles. The topological polar surface area (TPSA) is 49.3 Å². The van der Waals surface area contributed by atoms with Gasteiger partial charge in [-0.15, -0.1) is 0 Å². The lowest BCUT2D eigenvalue weighted by Gasteiger charge is -2.37. The quantitative estimate of drug-likeness (QED) is 0.575. The Morgan fingerprint density at radius 3 is 2.69 bits per heavy atom. The molecule has 0 bridgehead atoms. The van der Waals surface area contributed by atoms with Gasteiger partial charge in [0, 0.05) is 38.8 Å². The van der Waals surface area contributed by atoms with Crippen molar-refractivity contribution in [1.82, 2.24) is 15.1 Å². The Balaban J connectivity index is 1.59. The molecule has 6 nitrogen and oxygen atoms in total. The van der Waals surface area contributed by atoms with Crippen LogP contribution in [0.25, 0.3) is 0 Å². The second-order valence-electron chi connectivity index (χ2n) is 8.29. The normalized spacial score (nSPS) is 31.2. The molecular weight excluding hydrogens is 328 g/mol. The lowest BCUT2D eigenvalue weighted by Crippen LogP contribution is -2.53. The summed E-state index contributed by atoms with van der Waals surface area (Å²) in [4.78, 5) is 10.0. The zero-order valence-electron chi connectivity index (χ0n) is 17.0. The highest BCUT2D eigenvalue weighted by molar-refractivity contribution is 5.80. The first-order valence-corrected chi connectivity index (χ1v) is 10.7. The van der Waals surface area contributed by atoms with Crippen LogP contribution in [0.1, 0.15) is 46.5 Å². The molecule has 3 atom stereocenters. The average molecular weight is 367 g/mol. The number of morpholine rings is 1. The van der Waals surface area contributed by atoms with Gasteiger partial charge < -0.3 is 19.7 Å². The predicted molar refractivity (Wildman–Crippen MR) is 106 cm³/mol. The van der Waals surface area contributed by atoms with E-state index in [0.29, 0.717) is 6.04 Å². The van der Waals surface area contributed by atoms with Gasteiger partial charge in [0.05, 0.1) is 19.3 Å². The van der Waals surface area contributed by atoms with Crippen LogP contribution in [0.4, 0.5) is 0 Å². The number of likely N-dealkylation sites (tertiary alicyclic amines) is 1. The largest absolute Gasteiger partial charge is 0.375 e. The summed E-state index contributed by atoms with van der Waals surface area (Å²) in [7, 11) is 0. The molecule has 0 aromatic rings. The molecule has 150 valence electrons. The van der Waals surface area contributed by atoms with Crippen molar-refractivity contribution in [2.45, 2.75) is 64.7 Å². The van der Waals surface area contributed by atoms with Gasteiger partial charge >= 0.3 is 0 Å². The maximum atomic E-state index is 6.00. The fourth-order valence-corrected chi connectivity index (χ4v) is 4.42. The van der Waals surface area contributed by atoms with E-state index in [1.54, 1.807) is 0 Å². The number of ether oxygens (including phenoxy) is 2. The Labute approximate surface area is 159 Å². The summed E-state index contributed by atoms with van der Waals surface area (Å²) in [5, 5.41) is 3.50. The van der Waals surface area contributed by atoms with E-state index in [4.69, 9.17) is 14.5 Å². The van der Waals surface area contributed by atoms with Crippen LogP contribution < -0.4 is 5.32 Å². The number of nitrogens with zero attached hydrogens (tertiary/aromatic N) is 3. The third-order valence-corrected chi connectivity index (χ3v) is 5.66. The van der Waals surface area contributed by atoms with Crippen LogP contribution in [0.3, 0.4) is 0 Å². The molecule has 3 aliphatic heterocycles. The standard InChI is InChI=1S/C20H38N4O2/c1-4-21-20(22-13-17-7-5-9-23(17)14-16(2)3)24-10-12-26-19(15-24)18-8-6-11-25-18/h16-19H,4-15H2,1-3H3,(H,21,22)/t17-,18?,19?/m1/s1. The molecule has 0 saturated carbocycles. The highest BCUT2D eigenvalue weighted by Crippen LogP contribution is 2.22. The first kappa shape index (κ1) is 19.9. The molecule has 0 amide bonds. The zero-order chi connectivity index (χ0) is 18.4. The molecule has 6 heteroatoms. The van der Waals surface area contributed by atoms with Gasteiger partial charge in [-0.25, -0.2) is 0 Å². The van der Waals surface area contributed by atoms with Crippen molar-refractivity contribution in [1.29, 1.82) is 0 Å². The van der Waals surface area contributed by atoms with E-state index in [0.717, 1.165) is 64.1 Å². The first-order valence-electron chi connectivity index (χ1n) is 10.7. The Morgan fingerprint density at radius 1 is 1.12 bits per heavy atom. The summed E-state index contributed by atoms with van der Waals surface area (Å²) < 4.78 is 11.9. The van der Waals surface area contributed by atoms with Crippen LogP contribution >= 0.6 is 0 Å². The third kappa shape index (κ3) is 5.33. The maximum absolute atomic E-state index is 6.00. The maximum Gasteiger partial charge on any atom is 0.194 e. The third-order valence-electron chi connectivity index (χ3n) is 5.66. The van der Waals surface area contributed by atoms with Crippen LogP contribution in [0, 0.1) is 5.92 Å². The van der Waals surface area contributed by atoms with Crippen molar-refractivity contribution in [3.63, 3.8) is 0 Å². The van der Waals surface area contributed by atoms with Gasteiger partial charge in [0.15, 0.2) is 5.96 Å². The van der Waals surface area contributed by atoms with E-state index < -0.39 is 0 Å². The van der Waals surface area contributed by atoms with Crippen molar-refractivity contribution in [2.24, 2.45) is 10.9 Å². The Kier molecular flexibility index (Phi) is 7.58. The summed E-state index contributed by atoms with van der Waals surface area (Å²) in [6, 6.07) is 0.598. The molecule has 0 spiro atoms. The summed E-state index contributed by atoms with van der Waals surface area (Å²) >= 11 is 0. The van der Waals surface area contributed by atoms with Crippen molar-refractivity contribution >= 4 is 5.96 Å². The number of rotatable bonds is 6. The van der Waals surface area contributed by atoms with Crippen molar-refractivity contribution in [3.05, 3.63) is 0 Å². The number of aliphatic imine (C=N–C) groups is 1. The SMILES string of the molecule is CCNC(=NC[C@H]1CCCN1CC(C)C)N1CCOC(C2CCCO2)C1. The summed E-state index contributed by atoms with van der Waals surface area (Å²) in [6.45, 7) is 14.4. The number of nitrogens with one attached hydrogen (secondary N) is 1. The molecule has 3 aliphatic rings. The van der Waals surface area contributed by atoms with E-state index in [9.17, 15) is 0 Å². The van der Waals surface area contributed by atoms with Crippen molar-refractivity contribution in [2.75, 3.05) is 52.5 Å². The Bertz CT molecular complexity index is 451. The summed E-state index contributed by atoms with van der Waals surface area (Å²) in [6.07, 6.45) is 5.31. The van der Waals surface area contributed by atoms with Crippen molar-refractivity contribution in [3.8, 4) is 0 Å². The number of guanidine groups is 1. The lowest BCUT2D eigenvalue weighted by molar-refractivity contribution is -0.0817. The fraction of sp³-hybridized carbons (Fsp3) is 0.950. The molecule has 2 unspecified atom stereocenters. The monoisotopic (exact) mass is 366 g/mol. The minimum absolute atomic E-state index is 0.180. The van der Waals surface area contributed by atoms with Crippen LogP contribution in [0.15, 0.2) is 4.99 Å². The highest BCUT2D eigenvalue weighted by Gasteiger charge is 2.32. The van der Waals surface area contributed by atoms with Gasteiger partial charge in [-0.3, -0.25) is 9.89 Å². The van der Waals surface area contributed by atoms with Gasteiger partial charge in [-0.05, 0) is 45.1 Å². The summed E-state index contributed by atoms with van der Waals surface area (Å²) in [5.41, 5.74) is 0. The van der Waals surface area contributed by atoms with Crippen LogP contribution in [-0.4, -0.2) is 86.5 Å². The van der Waals surface area contributed by atoms with Gasteiger partial charge in [-0.1, -0.05) is 13.8 Å². The lowest BCUT2D eigenvalue weighted by atomic mass is 10.1. The van der Waals surface area contributed by atoms with Crippen molar-refractivity contribution < 1.29 is 9.47 Å². The second-order valence-corrected chi connectivity index (χ2v) is 8.29. The van der Waals surface area contributed by atoms with Gasteiger partial charge in [0.1, 0.15) is 6.10 Å². The van der Waals surface area contributed by atoms with Gasteiger partial charge in [-0.2, -0.15) is 0 Å². The smallest absolute Gasteiger partial charge is 0.194 e. The number of hydrogen-bond donors (Lipinski definition) is 1. The number of hydrogen-bond acceptors (Lipinski definition) is 4. The van der Waals surface area contributed by atoms with Crippen LogP contribution in [0.2, 0.25) is 0 Å². The van der Waals surface area contributed by atoms with Gasteiger partial charge in [0.25, 0.3) is 0 Å². The first-order chi connectivity index (χ1) is 12.7. The van der Waals surface area contributed by atoms with E-state index in [1.807, 2.05) is 0 Å². The predicted octanol–water partition coefficient (Wildman–Crippen LogP) is 1.95. The Morgan fingerprint density at radius 2 is 1.96 bits per heavy atom. The Hall–Kier alpha value is -0.850. The minimum atomic E-state index is 0.180. The molecular formula is C20H38N4O2. The highest BCUT2D eigenvalue weighted by atomic mass is 16.5. The molecule has 0 aromatic heterocycles. The molecule has 1 N–H and O–H groups in total. The van der Waals surface area contributed by atoms with E-state index >= 15 is 0 Å². The minimum Gasteiger partial charge on any atom is -0.375 e. The van der Waals surface area contributed by atoms with E-state index in [1.165, 1.54) is 25.9 Å². The van der Waals surface area contributed by atoms with E-state index in [2.05, 4.69) is 35.9 Å². The molecule has 3 fully saturated rings. The molecule has 3 saturated heterocycles. The van der Waals surface area contributed by atoms with Gasteiger partial charge in [0.2, 0.25) is 0 Å². The molecule has 26 heavy (non-hydrogen) atoms. The summed E-state index contributed by atoms with van der Waals surface area (Å²) in [5.74, 6) is 1.77. The average Bonchev–Trinajstić information content (AvgIpc) is 3.30. The molecule has 3 rings (SSSR count). The molecule has 0 aliphatic carbocycles. The van der Waals surface area contributed by atoms with Crippen LogP contribution in [0.5, 0.6) is 0 Å². The molecule has 0 radical (unpaired) electrons. The fourth-order valence-electron chi connectivity index (χ4n) is 4.42.